The fourth-order valence-electron chi connectivity index (χ4n) is 0.940. The van der Waals surface area contributed by atoms with Crippen molar-refractivity contribution in [1.82, 2.24) is 5.32 Å². The largest absolute Gasteiger partial charge is 1.00 e. The van der Waals surface area contributed by atoms with Crippen LogP contribution in [0.25, 0.3) is 0 Å². The average molecular weight is 261 g/mol. The van der Waals surface area contributed by atoms with E-state index in [9.17, 15) is 14.7 Å². The van der Waals surface area contributed by atoms with Gasteiger partial charge in [-0.25, -0.2) is 0 Å². The monoisotopic (exact) mass is 261 g/mol. The summed E-state index contributed by atoms with van der Waals surface area (Å²) in [5.41, 5.74) is 0. The number of aliphatic carboxylic acids is 1. The van der Waals surface area contributed by atoms with Gasteiger partial charge in [-0.1, -0.05) is 6.92 Å². The zero-order chi connectivity index (χ0) is 11.8. The van der Waals surface area contributed by atoms with Crippen LogP contribution in [-0.4, -0.2) is 40.6 Å². The number of carboxylic acid groups (broad SMARTS) is 1. The minimum atomic E-state index is -1.28. The van der Waals surface area contributed by atoms with Gasteiger partial charge in [0.25, 0.3) is 0 Å². The summed E-state index contributed by atoms with van der Waals surface area (Å²) < 4.78 is 0. The number of nitrogens with one attached hydrogen (secondary N) is 1. The first kappa shape index (κ1) is 18.6. The number of aliphatic hydroxyl groups is 1. The molecule has 0 aromatic carbocycles. The van der Waals surface area contributed by atoms with Crippen LogP contribution in [0.2, 0.25) is 0 Å². The quantitative estimate of drug-likeness (QED) is 0.275. The molecule has 0 saturated carbocycles. The molecule has 7 heteroatoms. The third kappa shape index (κ3) is 9.47. The molecule has 0 spiro atoms. The van der Waals surface area contributed by atoms with Crippen molar-refractivity contribution >= 4 is 23.6 Å². The first-order chi connectivity index (χ1) is 6.97. The third-order valence-corrected chi connectivity index (χ3v) is 3.08. The van der Waals surface area contributed by atoms with Gasteiger partial charge in [0.2, 0.25) is 5.91 Å². The summed E-state index contributed by atoms with van der Waals surface area (Å²) in [4.78, 5) is 21.3. The summed E-state index contributed by atoms with van der Waals surface area (Å²) in [6.45, 7) is 3.23. The number of hydrogen-bond acceptors (Lipinski definition) is 5. The second-order valence-corrected chi connectivity index (χ2v) is 4.70. The molecule has 88 valence electrons. The van der Waals surface area contributed by atoms with E-state index in [2.05, 4.69) is 5.32 Å². The van der Waals surface area contributed by atoms with Gasteiger partial charge in [-0.3, -0.25) is 4.79 Å². The second kappa shape index (κ2) is 10.4. The number of amides is 1. The maximum Gasteiger partial charge on any atom is 1.00 e. The van der Waals surface area contributed by atoms with Gasteiger partial charge in [-0.2, -0.15) is 11.8 Å². The molecule has 5 nitrogen and oxygen atoms in total. The minimum absolute atomic E-state index is 0. The topological polar surface area (TPSA) is 89.5 Å². The Bertz CT molecular complexity index is 228. The van der Waals surface area contributed by atoms with Crippen molar-refractivity contribution in [3.05, 3.63) is 0 Å². The molecule has 1 amide bonds. The van der Waals surface area contributed by atoms with Gasteiger partial charge < -0.3 is 20.3 Å². The van der Waals surface area contributed by atoms with E-state index in [0.717, 1.165) is 0 Å². The van der Waals surface area contributed by atoms with Gasteiger partial charge in [0.05, 0.1) is 12.0 Å². The minimum Gasteiger partial charge on any atom is -0.548 e. The molecule has 0 radical (unpaired) electrons. The number of hydrogen-bond donors (Lipinski definition) is 2. The Kier molecular flexibility index (Phi) is 12.1. The molecule has 0 saturated heterocycles. The maximum absolute atomic E-state index is 10.7. The molecule has 0 aromatic rings. The van der Waals surface area contributed by atoms with Crippen molar-refractivity contribution in [3.8, 4) is 0 Å². The van der Waals surface area contributed by atoms with E-state index >= 15 is 0 Å². The zero-order valence-electron chi connectivity index (χ0n) is 9.86. The molecule has 0 bridgehead atoms. The van der Waals surface area contributed by atoms with Crippen molar-refractivity contribution in [1.29, 1.82) is 0 Å². The van der Waals surface area contributed by atoms with E-state index < -0.39 is 12.0 Å². The fraction of sp³-hybridized carbons (Fsp3) is 0.778. The van der Waals surface area contributed by atoms with Gasteiger partial charge in [0, 0.05) is 24.5 Å². The summed E-state index contributed by atoms with van der Waals surface area (Å²) >= 11 is 1.38. The Morgan fingerprint density at radius 1 is 1.50 bits per heavy atom. The summed E-state index contributed by atoms with van der Waals surface area (Å²) in [5.74, 6) is -1.42. The normalized spacial score (nSPS) is 13.4. The molecule has 0 aliphatic carbocycles. The van der Waals surface area contributed by atoms with Crippen LogP contribution in [-0.2, 0) is 9.59 Å². The first-order valence-electron chi connectivity index (χ1n) is 4.67. The van der Waals surface area contributed by atoms with Crippen LogP contribution in [0.5, 0.6) is 0 Å². The first-order valence-corrected chi connectivity index (χ1v) is 5.72. The third-order valence-electron chi connectivity index (χ3n) is 1.75. The average Bonchev–Trinajstić information content (AvgIpc) is 2.11. The zero-order valence-corrected chi connectivity index (χ0v) is 12.7. The van der Waals surface area contributed by atoms with Crippen molar-refractivity contribution in [2.75, 3.05) is 12.4 Å². The van der Waals surface area contributed by atoms with E-state index in [1.807, 2.05) is 6.92 Å². The summed E-state index contributed by atoms with van der Waals surface area (Å²) in [7, 11) is 0. The van der Waals surface area contributed by atoms with E-state index in [1.54, 1.807) is 0 Å². The molecule has 0 aliphatic heterocycles. The molecule has 2 atom stereocenters. The number of aliphatic hydroxyl groups excluding tert-OH is 1. The summed E-state index contributed by atoms with van der Waals surface area (Å²) in [5, 5.41) is 21.7. The van der Waals surface area contributed by atoms with E-state index in [0.29, 0.717) is 6.42 Å². The van der Waals surface area contributed by atoms with E-state index in [1.165, 1.54) is 18.7 Å². The SMILES string of the molecule is CC(=O)[15NH][C@@H](CS[13CH](C)[13CH2][13CH2]O)C(=O)[O-].[Na+]. The number of carbonyl (C=O) groups excluding carboxylic acids is 2. The van der Waals surface area contributed by atoms with Gasteiger partial charge in [-0.15, -0.1) is 0 Å². The molecule has 0 fully saturated rings. The van der Waals surface area contributed by atoms with Crippen LogP contribution >= 0.6 is 11.8 Å². The van der Waals surface area contributed by atoms with Crippen LogP contribution in [0.3, 0.4) is 0 Å². The number of thioether (sulfide) groups is 1. The Labute approximate surface area is 122 Å². The molecule has 0 rings (SSSR count). The molecule has 0 aliphatic rings. The number of carbonyl (C=O) groups is 2. The van der Waals surface area contributed by atoms with E-state index in [-0.39, 0.29) is 53.1 Å². The molecule has 1 unspecified atom stereocenters. The maximum atomic E-state index is 10.7. The van der Waals surface area contributed by atoms with Crippen LogP contribution in [0, 0.1) is 0 Å². The molecule has 0 heterocycles. The Morgan fingerprint density at radius 2 is 2.06 bits per heavy atom. The molecule has 2 N–H and O–H groups in total. The molecule has 0 aromatic heterocycles. The molecule has 16 heavy (non-hydrogen) atoms. The second-order valence-electron chi connectivity index (χ2n) is 3.23. The number of carboxylic acids is 1. The Morgan fingerprint density at radius 3 is 2.44 bits per heavy atom. The summed E-state index contributed by atoms with van der Waals surface area (Å²) in [6, 6.07) is -0.964. The Hall–Kier alpha value is 0.250. The van der Waals surface area contributed by atoms with E-state index in [4.69, 9.17) is 5.11 Å². The molecular formula is C9H16NNaO4S. The molecular weight excluding hydrogens is 245 g/mol. The van der Waals surface area contributed by atoms with Crippen LogP contribution in [0.15, 0.2) is 0 Å². The van der Waals surface area contributed by atoms with Gasteiger partial charge >= 0.3 is 29.6 Å². The predicted molar refractivity (Wildman–Crippen MR) is 56.2 cm³/mol. The van der Waals surface area contributed by atoms with Crippen molar-refractivity contribution < 1.29 is 49.4 Å². The summed E-state index contributed by atoms with van der Waals surface area (Å²) in [6.07, 6.45) is 0.602. The smallest absolute Gasteiger partial charge is 0.548 e. The van der Waals surface area contributed by atoms with Gasteiger partial charge in [0.1, 0.15) is 0 Å². The van der Waals surface area contributed by atoms with Crippen LogP contribution in [0.4, 0.5) is 0 Å². The predicted octanol–water partition coefficient (Wildman–Crippen LogP) is -4.25. The standard InChI is InChI=1S/C9H17NO4S.Na/c1-6(3-4-11)15-5-8(9(13)14)10-7(2)12;/h6,8,11H,3-5H2,1-2H3,(H,10,12)(H,13,14);/q;+1/p-1/t6?,8-;/m0./s1/i3+1,4+1,6+1,10+1;. The van der Waals surface area contributed by atoms with Crippen LogP contribution < -0.4 is 40.0 Å². The fourth-order valence-corrected chi connectivity index (χ4v) is 1.95. The number of rotatable bonds is 7. The van der Waals surface area contributed by atoms with Crippen molar-refractivity contribution in [2.45, 2.75) is 31.6 Å². The van der Waals surface area contributed by atoms with Crippen molar-refractivity contribution in [2.24, 2.45) is 0 Å². The van der Waals surface area contributed by atoms with Gasteiger partial charge in [0.15, 0.2) is 0 Å². The van der Waals surface area contributed by atoms with Gasteiger partial charge in [-0.05, 0) is 6.42 Å². The Balaban J connectivity index is 0. The van der Waals surface area contributed by atoms with Crippen LogP contribution in [0.1, 0.15) is 20.3 Å². The van der Waals surface area contributed by atoms with Crippen molar-refractivity contribution in [3.63, 3.8) is 0 Å².